The number of hydrogen-bond donors (Lipinski definition) is 9. The number of amides is 4. The van der Waals surface area contributed by atoms with Gasteiger partial charge in [-0.1, -0.05) is 6.07 Å². The number of nitrogens with zero attached hydrogens (tertiary/aromatic N) is 4. The number of nitrogen functional groups attached to an aromatic ring is 1. The first-order valence-corrected chi connectivity index (χ1v) is 25.7. The van der Waals surface area contributed by atoms with Crippen molar-refractivity contribution >= 4 is 62.0 Å². The summed E-state index contributed by atoms with van der Waals surface area (Å²) in [7, 11) is -10.1. The molecule has 2 aromatic heterocycles. The van der Waals surface area contributed by atoms with Gasteiger partial charge in [0.2, 0.25) is 23.7 Å². The molecule has 0 spiro atoms. The molecule has 10 N–H and O–H groups in total. The Hall–Kier alpha value is -4.69. The van der Waals surface area contributed by atoms with Crippen LogP contribution in [0.1, 0.15) is 41.4 Å². The van der Waals surface area contributed by atoms with Crippen LogP contribution >= 0.6 is 15.6 Å². The minimum Gasteiger partial charge on any atom is -0.387 e. The zero-order chi connectivity index (χ0) is 51.7. The number of carbonyl (C=O) groups is 4. The third kappa shape index (κ3) is 16.7. The average Bonchev–Trinajstić information content (AvgIpc) is 3.99. The van der Waals surface area contributed by atoms with Crippen LogP contribution in [0.4, 0.5) is 11.6 Å². The molecule has 3 aliphatic rings. The lowest BCUT2D eigenvalue weighted by Gasteiger charge is -2.29. The molecule has 3 aliphatic heterocycles. The number of aromatic amines is 1. The van der Waals surface area contributed by atoms with Gasteiger partial charge in [-0.15, -0.1) is 0 Å². The number of hydrogen-bond acceptors (Lipinski definition) is 22. The van der Waals surface area contributed by atoms with Crippen LogP contribution in [-0.2, 0) is 76.8 Å². The lowest BCUT2D eigenvalue weighted by atomic mass is 10.0. The number of anilines is 2. The number of aromatic nitrogens is 4. The maximum Gasteiger partial charge on any atom is 0.480 e. The highest BCUT2D eigenvalue weighted by atomic mass is 31.3. The fraction of sp³-hybridized carbons (Fsp3) is 0.625. The van der Waals surface area contributed by atoms with E-state index >= 15 is 0 Å². The average molecular weight is 1060 g/mol. The van der Waals surface area contributed by atoms with E-state index in [0.29, 0.717) is 69.7 Å². The summed E-state index contributed by atoms with van der Waals surface area (Å²) in [5.41, 5.74) is 6.23. The first kappa shape index (κ1) is 56.6. The summed E-state index contributed by atoms with van der Waals surface area (Å²) in [6.45, 7) is 2.57. The van der Waals surface area contributed by atoms with E-state index < -0.39 is 64.2 Å². The number of imidazole rings is 1. The number of nitrogens with two attached hydrogens (primary N) is 1. The second-order valence-electron chi connectivity index (χ2n) is 15.9. The normalized spacial score (nSPS) is 21.8. The van der Waals surface area contributed by atoms with Gasteiger partial charge in [0.05, 0.1) is 112 Å². The van der Waals surface area contributed by atoms with Crippen LogP contribution in [0.15, 0.2) is 29.3 Å². The van der Waals surface area contributed by atoms with Gasteiger partial charge in [-0.2, -0.15) is 9.29 Å². The number of carbonyl (C=O) groups excluding carboxylic acids is 4. The minimum absolute atomic E-state index is 0.0675. The number of ether oxygens (including phenoxy) is 8. The van der Waals surface area contributed by atoms with E-state index in [1.54, 1.807) is 18.2 Å². The summed E-state index contributed by atoms with van der Waals surface area (Å²) in [6.07, 6.45) is -4.51. The number of imide groups is 1. The van der Waals surface area contributed by atoms with Gasteiger partial charge in [0.15, 0.2) is 17.4 Å². The summed E-state index contributed by atoms with van der Waals surface area (Å²) in [6, 6.07) is 4.25. The van der Waals surface area contributed by atoms with Crippen molar-refractivity contribution in [3.8, 4) is 0 Å². The minimum atomic E-state index is -5.22. The third-order valence-corrected chi connectivity index (χ3v) is 13.6. The van der Waals surface area contributed by atoms with Gasteiger partial charge in [-0.3, -0.25) is 43.4 Å². The Kier molecular flexibility index (Phi) is 21.7. The zero-order valence-corrected chi connectivity index (χ0v) is 40.6. The summed E-state index contributed by atoms with van der Waals surface area (Å²) >= 11 is 0. The highest BCUT2D eigenvalue weighted by Gasteiger charge is 2.46. The third-order valence-electron chi connectivity index (χ3n) is 10.8. The van der Waals surface area contributed by atoms with Gasteiger partial charge in [-0.25, -0.2) is 19.2 Å². The number of piperidine rings is 1. The van der Waals surface area contributed by atoms with E-state index in [0.717, 1.165) is 10.9 Å². The number of aliphatic hydroxyl groups excluding tert-OH is 2. The molecule has 400 valence electrons. The molecule has 2 saturated heterocycles. The summed E-state index contributed by atoms with van der Waals surface area (Å²) < 4.78 is 78.6. The zero-order valence-electron chi connectivity index (χ0n) is 38.8. The van der Waals surface area contributed by atoms with Gasteiger partial charge in [0.1, 0.15) is 24.4 Å². The summed E-state index contributed by atoms with van der Waals surface area (Å²) in [5, 5.41) is 28.1. The van der Waals surface area contributed by atoms with Crippen molar-refractivity contribution in [1.82, 2.24) is 34.8 Å². The first-order valence-electron chi connectivity index (χ1n) is 22.6. The Bertz CT molecular complexity index is 2460. The Morgan fingerprint density at radius 2 is 1.44 bits per heavy atom. The Morgan fingerprint density at radius 1 is 0.847 bits per heavy atom. The number of nitrogens with one attached hydrogen (secondary N) is 4. The first-order chi connectivity index (χ1) is 34.5. The number of phosphoric acid groups is 1. The van der Waals surface area contributed by atoms with Gasteiger partial charge < -0.3 is 73.8 Å². The molecule has 0 bridgehead atoms. The van der Waals surface area contributed by atoms with Crippen molar-refractivity contribution in [2.45, 2.75) is 56.4 Å². The van der Waals surface area contributed by atoms with Crippen LogP contribution in [-0.4, -0.2) is 198 Å². The van der Waals surface area contributed by atoms with Crippen LogP contribution in [0.25, 0.3) is 11.2 Å². The van der Waals surface area contributed by atoms with Gasteiger partial charge in [-0.05, 0) is 18.6 Å². The van der Waals surface area contributed by atoms with Gasteiger partial charge >= 0.3 is 15.6 Å². The molecule has 0 radical (unpaired) electrons. The monoisotopic (exact) mass is 1060 g/mol. The van der Waals surface area contributed by atoms with Gasteiger partial charge in [0.25, 0.3) is 11.5 Å². The lowest BCUT2D eigenvalue weighted by molar-refractivity contribution is -0.137. The molecule has 0 aliphatic carbocycles. The molecule has 6 rings (SSSR count). The number of rotatable bonds is 33. The van der Waals surface area contributed by atoms with Crippen LogP contribution in [0.5, 0.6) is 0 Å². The number of phosphoric ester groups is 1. The molecule has 2 fully saturated rings. The van der Waals surface area contributed by atoms with E-state index in [1.165, 1.54) is 4.90 Å². The van der Waals surface area contributed by atoms with E-state index in [2.05, 4.69) is 35.0 Å². The van der Waals surface area contributed by atoms with Crippen LogP contribution < -0.4 is 27.0 Å². The van der Waals surface area contributed by atoms with E-state index in [-0.39, 0.29) is 107 Å². The van der Waals surface area contributed by atoms with Crippen molar-refractivity contribution in [3.63, 3.8) is 0 Å². The topological polar surface area (TPSA) is 405 Å². The van der Waals surface area contributed by atoms with Crippen molar-refractivity contribution in [3.05, 3.63) is 46.0 Å². The SMILES string of the molecule is Nc1nc2c(ncn2[C@@H]2O[C@H](COP(=O)(O)OP(=O)(O)NCCOCCOCCOCCOCCOCCOCCOCCC(=O)Nc3cccc4c3CN(C3CCC(=O)NC3=O)C4=O)[C@@H](O)[C@H]2O)c(=O)[nH]1. The molecule has 30 nitrogen and oxygen atoms in total. The molecule has 7 atom stereocenters. The maximum atomic E-state index is 13.0. The molecular weight excluding hydrogens is 1000 g/mol. The molecule has 5 heterocycles. The molecule has 3 unspecified atom stereocenters. The van der Waals surface area contributed by atoms with Gasteiger partial charge in [0, 0.05) is 36.3 Å². The molecule has 3 aromatic rings. The number of H-pyrrole nitrogens is 1. The lowest BCUT2D eigenvalue weighted by Crippen LogP contribution is -2.52. The van der Waals surface area contributed by atoms with E-state index in [9.17, 15) is 53.1 Å². The molecule has 0 saturated carbocycles. The number of aliphatic hydroxyl groups is 2. The standard InChI is InChI=1S/C40H59N9O21P2/c41-40-46-35-32(37(55)47-40)42-24-49(35)39-34(53)33(52)29(69-39)23-68-72(59,60)70-71(57,58)43-7-9-62-11-13-64-15-17-66-19-21-67-20-18-65-16-14-63-12-10-61-8-6-31(51)44-27-3-1-2-25-26(27)22-48(38(25)56)28-4-5-30(50)45-36(28)54/h1-3,24,28-29,33-34,39,52-53H,4-23H2,(H,44,51)(H,59,60)(H2,43,57,58)(H,45,50,54)(H3,41,46,47,55)/t28?,29-,33-,34-,39-/m1/s1. The predicted octanol–water partition coefficient (Wildman–Crippen LogP) is -1.95. The molecular formula is C40H59N9O21P2. The smallest absolute Gasteiger partial charge is 0.387 e. The van der Waals surface area contributed by atoms with E-state index in [4.69, 9.17) is 48.2 Å². The molecule has 4 amide bonds. The summed E-state index contributed by atoms with van der Waals surface area (Å²) in [5.74, 6) is -1.74. The summed E-state index contributed by atoms with van der Waals surface area (Å²) in [4.78, 5) is 93.1. The molecule has 1 aromatic carbocycles. The Labute approximate surface area is 410 Å². The Balaban J connectivity index is 0.679. The van der Waals surface area contributed by atoms with Crippen molar-refractivity contribution < 1.29 is 95.0 Å². The highest BCUT2D eigenvalue weighted by molar-refractivity contribution is 7.62. The molecule has 72 heavy (non-hydrogen) atoms. The van der Waals surface area contributed by atoms with Crippen molar-refractivity contribution in [2.75, 3.05) is 117 Å². The second kappa shape index (κ2) is 27.6. The van der Waals surface area contributed by atoms with Crippen molar-refractivity contribution in [2.24, 2.45) is 0 Å². The molecule has 32 heteroatoms. The Morgan fingerprint density at radius 3 is 2.06 bits per heavy atom. The van der Waals surface area contributed by atoms with Crippen LogP contribution in [0.2, 0.25) is 0 Å². The fourth-order valence-corrected chi connectivity index (χ4v) is 9.59. The number of benzene rings is 1. The van der Waals surface area contributed by atoms with Crippen LogP contribution in [0.3, 0.4) is 0 Å². The second-order valence-corrected chi connectivity index (χ2v) is 19.1. The highest BCUT2D eigenvalue weighted by Crippen LogP contribution is 2.58. The van der Waals surface area contributed by atoms with Crippen molar-refractivity contribution in [1.29, 1.82) is 0 Å². The predicted molar refractivity (Wildman–Crippen MR) is 245 cm³/mol. The van der Waals surface area contributed by atoms with E-state index in [1.807, 2.05) is 0 Å². The van der Waals surface area contributed by atoms with Crippen LogP contribution in [0, 0.1) is 0 Å². The quantitative estimate of drug-likeness (QED) is 0.0182. The number of fused-ring (bicyclic) bond motifs is 2. The fourth-order valence-electron chi connectivity index (χ4n) is 7.35. The maximum absolute atomic E-state index is 13.0. The largest absolute Gasteiger partial charge is 0.480 e.